The molecular weight excluding hydrogens is 328 g/mol. The van der Waals surface area contributed by atoms with Crippen LogP contribution in [0, 0.1) is 0 Å². The number of hydrogen-bond donors (Lipinski definition) is 1. The van der Waals surface area contributed by atoms with Gasteiger partial charge in [-0.05, 0) is 36.8 Å². The summed E-state index contributed by atoms with van der Waals surface area (Å²) in [5, 5.41) is 2.79. The molecule has 6 nitrogen and oxygen atoms in total. The molecule has 2 aromatic rings. The molecule has 1 aliphatic rings. The van der Waals surface area contributed by atoms with Crippen LogP contribution in [0.3, 0.4) is 0 Å². The Balaban J connectivity index is 1.73. The molecule has 124 valence electrons. The van der Waals surface area contributed by atoms with Gasteiger partial charge in [0, 0.05) is 24.3 Å². The van der Waals surface area contributed by atoms with Gasteiger partial charge in [-0.25, -0.2) is 4.79 Å². The van der Waals surface area contributed by atoms with E-state index in [0.29, 0.717) is 28.4 Å². The first kappa shape index (κ1) is 16.2. The predicted octanol–water partition coefficient (Wildman–Crippen LogP) is 2.91. The molecule has 0 atom stereocenters. The largest absolute Gasteiger partial charge is 0.465 e. The molecule has 1 aromatic heterocycles. The Hall–Kier alpha value is -2.67. The lowest BCUT2D eigenvalue weighted by Gasteiger charge is -2.16. The zero-order chi connectivity index (χ0) is 17.1. The molecule has 1 saturated heterocycles. The van der Waals surface area contributed by atoms with E-state index in [4.69, 9.17) is 0 Å². The fourth-order valence-electron chi connectivity index (χ4n) is 2.54. The van der Waals surface area contributed by atoms with Gasteiger partial charge in [-0.15, -0.1) is 11.3 Å². The van der Waals surface area contributed by atoms with E-state index in [9.17, 15) is 14.4 Å². The zero-order valence-corrected chi connectivity index (χ0v) is 13.9. The van der Waals surface area contributed by atoms with Gasteiger partial charge in [-0.2, -0.15) is 0 Å². The molecule has 0 unspecified atom stereocenters. The predicted molar refractivity (Wildman–Crippen MR) is 91.6 cm³/mol. The zero-order valence-electron chi connectivity index (χ0n) is 13.1. The highest BCUT2D eigenvalue weighted by Crippen LogP contribution is 2.25. The molecule has 0 aliphatic carbocycles. The highest BCUT2D eigenvalue weighted by molar-refractivity contribution is 7.16. The van der Waals surface area contributed by atoms with Crippen LogP contribution in [-0.4, -0.2) is 31.4 Å². The van der Waals surface area contributed by atoms with Crippen LogP contribution in [0.2, 0.25) is 0 Å². The Morgan fingerprint density at radius 3 is 2.71 bits per heavy atom. The summed E-state index contributed by atoms with van der Waals surface area (Å²) in [6, 6.07) is 10.3. The maximum absolute atomic E-state index is 12.3. The molecule has 3 rings (SSSR count). The van der Waals surface area contributed by atoms with E-state index in [2.05, 4.69) is 10.1 Å². The van der Waals surface area contributed by atoms with Gasteiger partial charge in [0.05, 0.1) is 12.0 Å². The van der Waals surface area contributed by atoms with E-state index >= 15 is 0 Å². The van der Waals surface area contributed by atoms with Gasteiger partial charge in [0.1, 0.15) is 4.88 Å². The SMILES string of the molecule is COC(=O)c1ccc(C(=O)Nc2cccc(N3CCCC3=O)c2)s1. The summed E-state index contributed by atoms with van der Waals surface area (Å²) in [6.07, 6.45) is 1.41. The van der Waals surface area contributed by atoms with Crippen molar-refractivity contribution in [1.29, 1.82) is 0 Å². The summed E-state index contributed by atoms with van der Waals surface area (Å²) in [4.78, 5) is 38.1. The lowest BCUT2D eigenvalue weighted by molar-refractivity contribution is -0.117. The first-order chi connectivity index (χ1) is 11.6. The van der Waals surface area contributed by atoms with Crippen molar-refractivity contribution in [2.75, 3.05) is 23.9 Å². The number of thiophene rings is 1. The number of nitrogens with one attached hydrogen (secondary N) is 1. The molecule has 1 aromatic carbocycles. The first-order valence-corrected chi connectivity index (χ1v) is 8.30. The fraction of sp³-hybridized carbons (Fsp3) is 0.235. The molecular formula is C17H16N2O4S. The average molecular weight is 344 g/mol. The molecule has 24 heavy (non-hydrogen) atoms. The summed E-state index contributed by atoms with van der Waals surface area (Å²) in [7, 11) is 1.30. The molecule has 0 saturated carbocycles. The molecule has 2 amide bonds. The smallest absolute Gasteiger partial charge is 0.348 e. The van der Waals surface area contributed by atoms with Crippen molar-refractivity contribution in [2.24, 2.45) is 0 Å². The van der Waals surface area contributed by atoms with Crippen molar-refractivity contribution >= 4 is 40.5 Å². The second-order valence-corrected chi connectivity index (χ2v) is 6.39. The van der Waals surface area contributed by atoms with Crippen LogP contribution in [-0.2, 0) is 9.53 Å². The third kappa shape index (κ3) is 3.30. The van der Waals surface area contributed by atoms with Crippen molar-refractivity contribution in [1.82, 2.24) is 0 Å². The monoisotopic (exact) mass is 344 g/mol. The number of hydrogen-bond acceptors (Lipinski definition) is 5. The van der Waals surface area contributed by atoms with Crippen LogP contribution in [0.25, 0.3) is 0 Å². The number of carbonyl (C=O) groups excluding carboxylic acids is 3. The number of carbonyl (C=O) groups is 3. The van der Waals surface area contributed by atoms with Crippen LogP contribution in [0.1, 0.15) is 32.2 Å². The lowest BCUT2D eigenvalue weighted by atomic mass is 10.2. The molecule has 1 N–H and O–H groups in total. The van der Waals surface area contributed by atoms with Crippen molar-refractivity contribution in [2.45, 2.75) is 12.8 Å². The number of ether oxygens (including phenoxy) is 1. The van der Waals surface area contributed by atoms with E-state index < -0.39 is 5.97 Å². The van der Waals surface area contributed by atoms with Gasteiger partial charge in [0.2, 0.25) is 5.91 Å². The van der Waals surface area contributed by atoms with E-state index in [0.717, 1.165) is 23.4 Å². The minimum absolute atomic E-state index is 0.0967. The number of methoxy groups -OCH3 is 1. The first-order valence-electron chi connectivity index (χ1n) is 7.48. The average Bonchev–Trinajstić information content (AvgIpc) is 3.23. The minimum Gasteiger partial charge on any atom is -0.465 e. The molecule has 1 aliphatic heterocycles. The van der Waals surface area contributed by atoms with Gasteiger partial charge in [0.15, 0.2) is 0 Å². The maximum Gasteiger partial charge on any atom is 0.348 e. The van der Waals surface area contributed by atoms with E-state index in [-0.39, 0.29) is 11.8 Å². The Morgan fingerprint density at radius 2 is 2.00 bits per heavy atom. The lowest BCUT2D eigenvalue weighted by Crippen LogP contribution is -2.23. The quantitative estimate of drug-likeness (QED) is 0.865. The fourth-order valence-corrected chi connectivity index (χ4v) is 3.36. The number of benzene rings is 1. The molecule has 0 spiro atoms. The summed E-state index contributed by atoms with van der Waals surface area (Å²) < 4.78 is 4.63. The number of nitrogens with zero attached hydrogens (tertiary/aromatic N) is 1. The Bertz CT molecular complexity index is 799. The molecule has 0 bridgehead atoms. The van der Waals surface area contributed by atoms with E-state index in [1.807, 2.05) is 6.07 Å². The second kappa shape index (κ2) is 6.84. The van der Waals surface area contributed by atoms with Crippen LogP contribution in [0.4, 0.5) is 11.4 Å². The Morgan fingerprint density at radius 1 is 1.21 bits per heavy atom. The number of rotatable bonds is 4. The molecule has 7 heteroatoms. The Kier molecular flexibility index (Phi) is 4.61. The molecule has 2 heterocycles. The van der Waals surface area contributed by atoms with E-state index in [1.165, 1.54) is 7.11 Å². The van der Waals surface area contributed by atoms with Crippen molar-refractivity contribution < 1.29 is 19.1 Å². The highest BCUT2D eigenvalue weighted by atomic mass is 32.1. The normalized spacial score (nSPS) is 13.9. The van der Waals surface area contributed by atoms with Crippen LogP contribution >= 0.6 is 11.3 Å². The number of anilines is 2. The summed E-state index contributed by atoms with van der Waals surface area (Å²) >= 11 is 1.07. The standard InChI is InChI=1S/C17H16N2O4S/c1-23-17(22)14-8-7-13(24-14)16(21)18-11-4-2-5-12(10-11)19-9-3-6-15(19)20/h2,4-5,7-8,10H,3,6,9H2,1H3,(H,18,21). The second-order valence-electron chi connectivity index (χ2n) is 5.31. The van der Waals surface area contributed by atoms with E-state index in [1.54, 1.807) is 35.2 Å². The van der Waals surface area contributed by atoms with Crippen LogP contribution in [0.5, 0.6) is 0 Å². The topological polar surface area (TPSA) is 75.7 Å². The maximum atomic E-state index is 12.3. The van der Waals surface area contributed by atoms with Gasteiger partial charge in [-0.1, -0.05) is 6.07 Å². The van der Waals surface area contributed by atoms with Crippen LogP contribution < -0.4 is 10.2 Å². The van der Waals surface area contributed by atoms with Crippen molar-refractivity contribution in [3.8, 4) is 0 Å². The Labute approximate surface area is 143 Å². The number of esters is 1. The highest BCUT2D eigenvalue weighted by Gasteiger charge is 2.22. The summed E-state index contributed by atoms with van der Waals surface area (Å²) in [5.41, 5.74) is 1.38. The van der Waals surface area contributed by atoms with Gasteiger partial charge in [-0.3, -0.25) is 9.59 Å². The number of amides is 2. The van der Waals surface area contributed by atoms with Gasteiger partial charge < -0.3 is 15.0 Å². The minimum atomic E-state index is -0.464. The molecule has 0 radical (unpaired) electrons. The van der Waals surface area contributed by atoms with Crippen LogP contribution in [0.15, 0.2) is 36.4 Å². The van der Waals surface area contributed by atoms with Crippen molar-refractivity contribution in [3.05, 3.63) is 46.2 Å². The van der Waals surface area contributed by atoms with Gasteiger partial charge in [0.25, 0.3) is 5.91 Å². The third-order valence-electron chi connectivity index (χ3n) is 3.71. The van der Waals surface area contributed by atoms with Gasteiger partial charge >= 0.3 is 5.97 Å². The molecule has 1 fully saturated rings. The third-order valence-corrected chi connectivity index (χ3v) is 4.77. The van der Waals surface area contributed by atoms with Crippen molar-refractivity contribution in [3.63, 3.8) is 0 Å². The summed E-state index contributed by atoms with van der Waals surface area (Å²) in [6.45, 7) is 0.698. The summed E-state index contributed by atoms with van der Waals surface area (Å²) in [5.74, 6) is -0.673.